The fourth-order valence-electron chi connectivity index (χ4n) is 2.63. The molecule has 0 spiro atoms. The van der Waals surface area contributed by atoms with Crippen molar-refractivity contribution >= 4 is 11.6 Å². The van der Waals surface area contributed by atoms with Gasteiger partial charge in [-0.2, -0.15) is 0 Å². The van der Waals surface area contributed by atoms with Crippen LogP contribution in [0, 0.1) is 6.92 Å². The number of hydrogen-bond acceptors (Lipinski definition) is 3. The first-order chi connectivity index (χ1) is 9.25. The van der Waals surface area contributed by atoms with E-state index in [1.807, 2.05) is 31.2 Å². The van der Waals surface area contributed by atoms with E-state index in [1.54, 1.807) is 0 Å². The zero-order chi connectivity index (χ0) is 13.2. The molecule has 1 aliphatic rings. The van der Waals surface area contributed by atoms with Gasteiger partial charge in [0.1, 0.15) is 11.6 Å². The van der Waals surface area contributed by atoms with Crippen LogP contribution in [0.3, 0.4) is 0 Å². The molecule has 0 amide bonds. The maximum absolute atomic E-state index is 5.95. The summed E-state index contributed by atoms with van der Waals surface area (Å²) in [6.45, 7) is 4.10. The summed E-state index contributed by atoms with van der Waals surface area (Å²) >= 11 is 5.95. The number of rotatable bonds is 2. The number of benzene rings is 1. The zero-order valence-electron chi connectivity index (χ0n) is 10.9. The molecule has 1 aliphatic heterocycles. The molecule has 19 heavy (non-hydrogen) atoms. The van der Waals surface area contributed by atoms with E-state index in [0.717, 1.165) is 48.3 Å². The average Bonchev–Trinajstić information content (AvgIpc) is 2.83. The highest BCUT2D eigenvalue weighted by Gasteiger charge is 2.22. The second-order valence-corrected chi connectivity index (χ2v) is 5.38. The molecule has 1 aromatic carbocycles. The monoisotopic (exact) mass is 276 g/mol. The number of aryl methyl sites for hydroxylation is 1. The molecule has 2 aromatic rings. The second-order valence-electron chi connectivity index (χ2n) is 4.94. The molecular weight excluding hydrogens is 260 g/mol. The lowest BCUT2D eigenvalue weighted by Crippen LogP contribution is -2.28. The van der Waals surface area contributed by atoms with Crippen molar-refractivity contribution < 1.29 is 0 Å². The van der Waals surface area contributed by atoms with E-state index in [2.05, 4.69) is 20.1 Å². The molecule has 2 heterocycles. The fraction of sp³-hybridized carbons (Fsp3) is 0.429. The molecule has 0 bridgehead atoms. The van der Waals surface area contributed by atoms with Crippen molar-refractivity contribution in [3.05, 3.63) is 40.9 Å². The van der Waals surface area contributed by atoms with E-state index in [1.165, 1.54) is 0 Å². The Morgan fingerprint density at radius 3 is 2.53 bits per heavy atom. The summed E-state index contributed by atoms with van der Waals surface area (Å²) in [4.78, 5) is 0. The highest BCUT2D eigenvalue weighted by molar-refractivity contribution is 6.30. The fourth-order valence-corrected chi connectivity index (χ4v) is 2.76. The van der Waals surface area contributed by atoms with Crippen molar-refractivity contribution in [2.45, 2.75) is 25.7 Å². The largest absolute Gasteiger partial charge is 0.317 e. The molecule has 0 saturated carbocycles. The first kappa shape index (κ1) is 12.6. The SMILES string of the molecule is Cc1nnc(C2CCNCC2)n1-c1ccc(Cl)cc1. The number of hydrogen-bond donors (Lipinski definition) is 1. The lowest BCUT2D eigenvalue weighted by molar-refractivity contribution is 0.440. The maximum Gasteiger partial charge on any atom is 0.140 e. The lowest BCUT2D eigenvalue weighted by atomic mass is 9.97. The molecular formula is C14H17ClN4. The van der Waals surface area contributed by atoms with Crippen molar-refractivity contribution in [2.75, 3.05) is 13.1 Å². The number of piperidine rings is 1. The Balaban J connectivity index is 2.00. The molecule has 1 aromatic heterocycles. The van der Waals surface area contributed by atoms with E-state index in [-0.39, 0.29) is 0 Å². The third-order valence-corrected chi connectivity index (χ3v) is 3.89. The minimum atomic E-state index is 0.484. The van der Waals surface area contributed by atoms with Crippen LogP contribution in [0.4, 0.5) is 0 Å². The Morgan fingerprint density at radius 2 is 1.84 bits per heavy atom. The van der Waals surface area contributed by atoms with Crippen LogP contribution in [0.2, 0.25) is 5.02 Å². The summed E-state index contributed by atoms with van der Waals surface area (Å²) in [6, 6.07) is 7.84. The van der Waals surface area contributed by atoms with Crippen LogP contribution in [0.5, 0.6) is 0 Å². The minimum Gasteiger partial charge on any atom is -0.317 e. The third-order valence-electron chi connectivity index (χ3n) is 3.64. The Morgan fingerprint density at radius 1 is 1.16 bits per heavy atom. The molecule has 0 radical (unpaired) electrons. The molecule has 3 rings (SSSR count). The number of halogens is 1. The minimum absolute atomic E-state index is 0.484. The Hall–Kier alpha value is -1.39. The molecule has 0 aliphatic carbocycles. The summed E-state index contributed by atoms with van der Waals surface area (Å²) in [7, 11) is 0. The summed E-state index contributed by atoms with van der Waals surface area (Å²) in [5, 5.41) is 12.8. The summed E-state index contributed by atoms with van der Waals surface area (Å²) in [5.41, 5.74) is 1.08. The molecule has 4 nitrogen and oxygen atoms in total. The second kappa shape index (κ2) is 5.31. The van der Waals surface area contributed by atoms with Crippen LogP contribution in [0.15, 0.2) is 24.3 Å². The summed E-state index contributed by atoms with van der Waals surface area (Å²) < 4.78 is 2.15. The zero-order valence-corrected chi connectivity index (χ0v) is 11.7. The smallest absolute Gasteiger partial charge is 0.140 e. The Labute approximate surface area is 117 Å². The predicted octanol–water partition coefficient (Wildman–Crippen LogP) is 2.70. The molecule has 0 atom stereocenters. The van der Waals surface area contributed by atoms with Crippen LogP contribution >= 0.6 is 11.6 Å². The van der Waals surface area contributed by atoms with E-state index in [4.69, 9.17) is 11.6 Å². The highest BCUT2D eigenvalue weighted by atomic mass is 35.5. The number of nitrogens with one attached hydrogen (secondary N) is 1. The van der Waals surface area contributed by atoms with Crippen molar-refractivity contribution in [3.63, 3.8) is 0 Å². The van der Waals surface area contributed by atoms with Gasteiger partial charge in [0.05, 0.1) is 0 Å². The van der Waals surface area contributed by atoms with Crippen molar-refractivity contribution in [2.24, 2.45) is 0 Å². The first-order valence-corrected chi connectivity index (χ1v) is 7.02. The van der Waals surface area contributed by atoms with Gasteiger partial charge >= 0.3 is 0 Å². The van der Waals surface area contributed by atoms with Gasteiger partial charge in [-0.05, 0) is 57.1 Å². The third kappa shape index (κ3) is 2.51. The first-order valence-electron chi connectivity index (χ1n) is 6.64. The van der Waals surface area contributed by atoms with E-state index in [9.17, 15) is 0 Å². The molecule has 1 N–H and O–H groups in total. The van der Waals surface area contributed by atoms with Gasteiger partial charge in [-0.1, -0.05) is 11.6 Å². The van der Waals surface area contributed by atoms with Gasteiger partial charge < -0.3 is 5.32 Å². The standard InChI is InChI=1S/C14H17ClN4/c1-10-17-18-14(11-6-8-16-9-7-11)19(10)13-4-2-12(15)3-5-13/h2-5,11,16H,6-9H2,1H3. The maximum atomic E-state index is 5.95. The average molecular weight is 277 g/mol. The van der Waals surface area contributed by atoms with E-state index < -0.39 is 0 Å². The van der Waals surface area contributed by atoms with Crippen LogP contribution < -0.4 is 5.32 Å². The number of aromatic nitrogens is 3. The quantitative estimate of drug-likeness (QED) is 0.917. The molecule has 0 unspecified atom stereocenters. The van der Waals surface area contributed by atoms with Crippen LogP contribution in [-0.2, 0) is 0 Å². The highest BCUT2D eigenvalue weighted by Crippen LogP contribution is 2.27. The van der Waals surface area contributed by atoms with Crippen LogP contribution in [-0.4, -0.2) is 27.9 Å². The van der Waals surface area contributed by atoms with Gasteiger partial charge in [0.25, 0.3) is 0 Å². The molecule has 1 saturated heterocycles. The van der Waals surface area contributed by atoms with E-state index in [0.29, 0.717) is 5.92 Å². The summed E-state index contributed by atoms with van der Waals surface area (Å²) in [6.07, 6.45) is 2.23. The van der Waals surface area contributed by atoms with Gasteiger partial charge in [-0.3, -0.25) is 4.57 Å². The van der Waals surface area contributed by atoms with Crippen LogP contribution in [0.25, 0.3) is 5.69 Å². The topological polar surface area (TPSA) is 42.7 Å². The van der Waals surface area contributed by atoms with Gasteiger partial charge in [0.15, 0.2) is 0 Å². The van der Waals surface area contributed by atoms with Gasteiger partial charge in [-0.15, -0.1) is 10.2 Å². The van der Waals surface area contributed by atoms with Crippen LogP contribution in [0.1, 0.15) is 30.4 Å². The normalized spacial score (nSPS) is 16.7. The van der Waals surface area contributed by atoms with Crippen molar-refractivity contribution in [3.8, 4) is 5.69 Å². The van der Waals surface area contributed by atoms with Crippen molar-refractivity contribution in [1.82, 2.24) is 20.1 Å². The molecule has 1 fully saturated rings. The molecule has 100 valence electrons. The van der Waals surface area contributed by atoms with Gasteiger partial charge in [0.2, 0.25) is 0 Å². The van der Waals surface area contributed by atoms with Gasteiger partial charge in [0, 0.05) is 16.6 Å². The Kier molecular flexibility index (Phi) is 3.53. The lowest BCUT2D eigenvalue weighted by Gasteiger charge is -2.22. The molecule has 5 heteroatoms. The Bertz CT molecular complexity index is 555. The van der Waals surface area contributed by atoms with E-state index >= 15 is 0 Å². The number of nitrogens with zero attached hydrogens (tertiary/aromatic N) is 3. The summed E-state index contributed by atoms with van der Waals surface area (Å²) in [5.74, 6) is 2.48. The van der Waals surface area contributed by atoms with Gasteiger partial charge in [-0.25, -0.2) is 0 Å². The predicted molar refractivity (Wildman–Crippen MR) is 76.0 cm³/mol. The van der Waals surface area contributed by atoms with Crippen molar-refractivity contribution in [1.29, 1.82) is 0 Å².